The van der Waals surface area contributed by atoms with Gasteiger partial charge in [0.25, 0.3) is 0 Å². The molecule has 2 aliphatic heterocycles. The van der Waals surface area contributed by atoms with Crippen LogP contribution in [0.1, 0.15) is 89.0 Å². The monoisotopic (exact) mass is 654 g/mol. The molecular formula is C29H56N2O10P2. The van der Waals surface area contributed by atoms with E-state index in [2.05, 4.69) is 5.32 Å². The molecular weight excluding hydrogens is 598 g/mol. The summed E-state index contributed by atoms with van der Waals surface area (Å²) in [5.41, 5.74) is -0.513. The Balaban J connectivity index is 0.000000248. The number of carbonyl (C=O) groups excluding carboxylic acids is 1. The molecule has 43 heavy (non-hydrogen) atoms. The van der Waals surface area contributed by atoms with Gasteiger partial charge in [0.1, 0.15) is 5.60 Å². The first kappa shape index (κ1) is 36.9. The van der Waals surface area contributed by atoms with Crippen molar-refractivity contribution in [2.75, 3.05) is 26.2 Å². The summed E-state index contributed by atoms with van der Waals surface area (Å²) in [7, 11) is -7.04. The van der Waals surface area contributed by atoms with Crippen LogP contribution in [-0.2, 0) is 41.0 Å². The van der Waals surface area contributed by atoms with Gasteiger partial charge >= 0.3 is 21.7 Å². The molecule has 12 nitrogen and oxygen atoms in total. The topological polar surface area (TPSA) is 131 Å². The third kappa shape index (κ3) is 11.0. The number of nitrogens with zero attached hydrogens (tertiary/aromatic N) is 1. The van der Waals surface area contributed by atoms with Gasteiger partial charge in [-0.1, -0.05) is 0 Å². The van der Waals surface area contributed by atoms with Gasteiger partial charge in [0.2, 0.25) is 0 Å². The number of fused-ring (bicyclic) bond motifs is 2. The van der Waals surface area contributed by atoms with Gasteiger partial charge in [0.05, 0.1) is 36.6 Å². The minimum absolute atomic E-state index is 0.00772. The molecule has 4 aliphatic rings. The van der Waals surface area contributed by atoms with Crippen molar-refractivity contribution in [2.24, 2.45) is 23.7 Å². The zero-order valence-electron chi connectivity index (χ0n) is 27.9. The van der Waals surface area contributed by atoms with Crippen LogP contribution in [0.4, 0.5) is 4.79 Å². The average Bonchev–Trinajstić information content (AvgIpc) is 3.33. The van der Waals surface area contributed by atoms with Crippen molar-refractivity contribution in [3.63, 3.8) is 0 Å². The molecule has 6 unspecified atom stereocenters. The highest BCUT2D eigenvalue weighted by molar-refractivity contribution is 7.48. The van der Waals surface area contributed by atoms with Crippen LogP contribution in [0, 0.1) is 23.7 Å². The van der Waals surface area contributed by atoms with Crippen molar-refractivity contribution in [1.29, 1.82) is 0 Å². The number of amides is 1. The molecule has 0 aromatic carbocycles. The maximum absolute atomic E-state index is 12.9. The number of phosphoric ester groups is 2. The van der Waals surface area contributed by atoms with Crippen LogP contribution in [-0.4, -0.2) is 79.4 Å². The summed E-state index contributed by atoms with van der Waals surface area (Å²) in [6, 6.07) is 0. The first-order valence-electron chi connectivity index (χ1n) is 15.8. The Morgan fingerprint density at radius 2 is 1.14 bits per heavy atom. The van der Waals surface area contributed by atoms with Gasteiger partial charge in [-0.15, -0.1) is 0 Å². The summed E-state index contributed by atoms with van der Waals surface area (Å²) in [6.07, 6.45) is 0.306. The molecule has 2 aliphatic carbocycles. The van der Waals surface area contributed by atoms with Crippen LogP contribution in [0.15, 0.2) is 0 Å². The lowest BCUT2D eigenvalue weighted by Crippen LogP contribution is -2.42. The maximum Gasteiger partial charge on any atom is 0.475 e. The second-order valence-corrected chi connectivity index (χ2v) is 17.2. The largest absolute Gasteiger partial charge is 0.475 e. The highest BCUT2D eigenvalue weighted by Gasteiger charge is 2.53. The van der Waals surface area contributed by atoms with Gasteiger partial charge in [-0.3, -0.25) is 27.1 Å². The van der Waals surface area contributed by atoms with E-state index in [0.29, 0.717) is 30.8 Å². The maximum atomic E-state index is 12.9. The van der Waals surface area contributed by atoms with Crippen molar-refractivity contribution < 1.29 is 45.8 Å². The number of hydrogen-bond donors (Lipinski definition) is 1. The smallest absolute Gasteiger partial charge is 0.444 e. The minimum atomic E-state index is -3.61. The van der Waals surface area contributed by atoms with Gasteiger partial charge in [-0.2, -0.15) is 0 Å². The normalized spacial score (nSPS) is 28.9. The summed E-state index contributed by atoms with van der Waals surface area (Å²) < 4.78 is 64.0. The Morgan fingerprint density at radius 3 is 1.56 bits per heavy atom. The van der Waals surface area contributed by atoms with E-state index in [4.69, 9.17) is 31.9 Å². The van der Waals surface area contributed by atoms with Gasteiger partial charge in [-0.25, -0.2) is 13.9 Å². The number of hydrogen-bond acceptors (Lipinski definition) is 11. The first-order chi connectivity index (χ1) is 19.8. The standard InChI is InChI=1S/C17H32NO6P.C12H24NO4P/c1-11(2)22-25(20,23-12(3)4)24-15-8-13-9-18(10-14(13)15)16(19)21-17(5,6)7;1-8(2)15-18(14,16-9(3)4)17-12-5-10-6-13-7-11(10)12/h11-15H,8-10H2,1-7H3;8-13H,5-7H2,1-4H3. The van der Waals surface area contributed by atoms with Crippen molar-refractivity contribution in [2.45, 2.75) is 131 Å². The molecule has 1 amide bonds. The molecule has 0 aromatic heterocycles. The Bertz CT molecular complexity index is 990. The van der Waals surface area contributed by atoms with E-state index in [1.807, 2.05) is 48.5 Å². The molecule has 0 spiro atoms. The molecule has 2 saturated heterocycles. The Labute approximate surface area is 258 Å². The van der Waals surface area contributed by atoms with Crippen LogP contribution >= 0.6 is 15.6 Å². The van der Waals surface area contributed by atoms with E-state index in [-0.39, 0.29) is 48.6 Å². The molecule has 2 saturated carbocycles. The molecule has 4 rings (SSSR count). The van der Waals surface area contributed by atoms with E-state index in [0.717, 1.165) is 25.9 Å². The van der Waals surface area contributed by atoms with Crippen molar-refractivity contribution >= 4 is 21.7 Å². The van der Waals surface area contributed by atoms with Crippen LogP contribution in [0.3, 0.4) is 0 Å². The molecule has 6 atom stereocenters. The number of nitrogens with one attached hydrogen (secondary N) is 1. The fourth-order valence-corrected chi connectivity index (χ4v) is 9.31. The zero-order chi connectivity index (χ0) is 32.3. The first-order valence-corrected chi connectivity index (χ1v) is 18.7. The quantitative estimate of drug-likeness (QED) is 0.223. The summed E-state index contributed by atoms with van der Waals surface area (Å²) in [4.78, 5) is 13.9. The zero-order valence-corrected chi connectivity index (χ0v) is 29.7. The van der Waals surface area contributed by atoms with Crippen LogP contribution in [0.25, 0.3) is 0 Å². The molecule has 4 fully saturated rings. The molecule has 14 heteroatoms. The van der Waals surface area contributed by atoms with Crippen LogP contribution < -0.4 is 5.32 Å². The average molecular weight is 655 g/mol. The van der Waals surface area contributed by atoms with E-state index in [1.165, 1.54) is 0 Å². The molecule has 0 radical (unpaired) electrons. The van der Waals surface area contributed by atoms with E-state index < -0.39 is 21.2 Å². The van der Waals surface area contributed by atoms with Crippen LogP contribution in [0.2, 0.25) is 0 Å². The summed E-state index contributed by atoms with van der Waals surface area (Å²) in [6.45, 7) is 23.3. The number of ether oxygens (including phenoxy) is 1. The van der Waals surface area contributed by atoms with Gasteiger partial charge in [0.15, 0.2) is 0 Å². The third-order valence-corrected chi connectivity index (χ3v) is 11.2. The number of phosphoric acid groups is 2. The predicted molar refractivity (Wildman–Crippen MR) is 164 cm³/mol. The molecule has 0 aromatic rings. The third-order valence-electron chi connectivity index (χ3n) is 7.45. The summed E-state index contributed by atoms with van der Waals surface area (Å²) in [5.74, 6) is 1.63. The number of likely N-dealkylation sites (tertiary alicyclic amines) is 1. The van der Waals surface area contributed by atoms with Gasteiger partial charge in [0, 0.05) is 31.5 Å². The van der Waals surface area contributed by atoms with Crippen molar-refractivity contribution in [3.8, 4) is 0 Å². The Morgan fingerprint density at radius 1 is 0.698 bits per heavy atom. The minimum Gasteiger partial charge on any atom is -0.444 e. The Kier molecular flexibility index (Phi) is 12.8. The fourth-order valence-electron chi connectivity index (χ4n) is 5.80. The highest BCUT2D eigenvalue weighted by atomic mass is 31.2. The van der Waals surface area contributed by atoms with E-state index in [9.17, 15) is 13.9 Å². The second kappa shape index (κ2) is 14.9. The fraction of sp³-hybridized carbons (Fsp3) is 0.966. The van der Waals surface area contributed by atoms with Gasteiger partial charge in [-0.05, 0) is 107 Å². The SMILES string of the molecule is CC(C)OP(=O)(OC(C)C)OC1CC2CN(C(=O)OC(C)(C)C)CC21.CC(C)OP(=O)(OC(C)C)OC1CC2CNCC21. The van der Waals surface area contributed by atoms with E-state index in [1.54, 1.807) is 32.6 Å². The summed E-state index contributed by atoms with van der Waals surface area (Å²) in [5, 5.41) is 3.33. The lowest BCUT2D eigenvalue weighted by atomic mass is 9.74. The molecule has 252 valence electrons. The van der Waals surface area contributed by atoms with Crippen molar-refractivity contribution in [1.82, 2.24) is 10.2 Å². The summed E-state index contributed by atoms with van der Waals surface area (Å²) >= 11 is 0. The lowest BCUT2D eigenvalue weighted by Gasteiger charge is -2.40. The second-order valence-electron chi connectivity index (χ2n) is 14.2. The predicted octanol–water partition coefficient (Wildman–Crippen LogP) is 6.79. The van der Waals surface area contributed by atoms with Gasteiger partial charge < -0.3 is 15.0 Å². The molecule has 2 heterocycles. The van der Waals surface area contributed by atoms with Crippen LogP contribution in [0.5, 0.6) is 0 Å². The lowest BCUT2D eigenvalue weighted by molar-refractivity contribution is -0.0308. The number of carbonyl (C=O) groups is 1. The van der Waals surface area contributed by atoms with E-state index >= 15 is 0 Å². The molecule has 0 bridgehead atoms. The number of rotatable bonds is 12. The highest BCUT2D eigenvalue weighted by Crippen LogP contribution is 2.58. The Hall–Kier alpha value is -0.550. The van der Waals surface area contributed by atoms with Crippen molar-refractivity contribution in [3.05, 3.63) is 0 Å². The molecule has 1 N–H and O–H groups in total.